The van der Waals surface area contributed by atoms with Crippen LogP contribution < -0.4 is 5.32 Å². The smallest absolute Gasteiger partial charge is 0.224 e. The molecule has 2 aromatic rings. The maximum absolute atomic E-state index is 12.0. The standard InChI is InChI=1S/C21H23NO/c1-3-4-15-22-21(23)16-20-8-6-5-7-19(20)14-13-18-11-9-17(2)10-12-18/h5-12H,3-4,15-16H2,1-2H3,(H,22,23). The van der Waals surface area contributed by atoms with Gasteiger partial charge < -0.3 is 5.32 Å². The highest BCUT2D eigenvalue weighted by atomic mass is 16.1. The van der Waals surface area contributed by atoms with E-state index in [1.807, 2.05) is 36.4 Å². The summed E-state index contributed by atoms with van der Waals surface area (Å²) in [6.07, 6.45) is 2.47. The molecule has 0 heterocycles. The summed E-state index contributed by atoms with van der Waals surface area (Å²) >= 11 is 0. The van der Waals surface area contributed by atoms with Crippen molar-refractivity contribution in [2.45, 2.75) is 33.1 Å². The summed E-state index contributed by atoms with van der Waals surface area (Å²) in [5.41, 5.74) is 4.09. The van der Waals surface area contributed by atoms with Crippen molar-refractivity contribution in [1.82, 2.24) is 5.32 Å². The normalized spacial score (nSPS) is 9.83. The molecular formula is C21H23NO. The minimum absolute atomic E-state index is 0.0584. The van der Waals surface area contributed by atoms with E-state index in [0.717, 1.165) is 36.1 Å². The summed E-state index contributed by atoms with van der Waals surface area (Å²) in [6, 6.07) is 16.0. The van der Waals surface area contributed by atoms with E-state index in [0.29, 0.717) is 6.42 Å². The molecule has 0 aromatic heterocycles. The Morgan fingerprint density at radius 1 is 1.04 bits per heavy atom. The summed E-state index contributed by atoms with van der Waals surface area (Å²) in [7, 11) is 0. The van der Waals surface area contributed by atoms with E-state index in [1.165, 1.54) is 5.56 Å². The third-order valence-corrected chi connectivity index (χ3v) is 3.61. The van der Waals surface area contributed by atoms with Crippen molar-refractivity contribution in [1.29, 1.82) is 0 Å². The molecule has 0 aliphatic heterocycles. The average Bonchev–Trinajstić information content (AvgIpc) is 2.56. The third kappa shape index (κ3) is 5.64. The first-order valence-corrected chi connectivity index (χ1v) is 8.12. The molecular weight excluding hydrogens is 282 g/mol. The highest BCUT2D eigenvalue weighted by Crippen LogP contribution is 2.09. The molecule has 0 aliphatic carbocycles. The van der Waals surface area contributed by atoms with Crippen LogP contribution >= 0.6 is 0 Å². The molecule has 2 rings (SSSR count). The second kappa shape index (κ2) is 8.80. The van der Waals surface area contributed by atoms with Crippen molar-refractivity contribution in [2.75, 3.05) is 6.54 Å². The van der Waals surface area contributed by atoms with E-state index in [-0.39, 0.29) is 5.91 Å². The van der Waals surface area contributed by atoms with Crippen LogP contribution in [0, 0.1) is 18.8 Å². The van der Waals surface area contributed by atoms with Crippen LogP contribution in [0.25, 0.3) is 0 Å². The molecule has 0 saturated heterocycles. The first kappa shape index (κ1) is 16.8. The lowest BCUT2D eigenvalue weighted by molar-refractivity contribution is -0.120. The number of rotatable bonds is 5. The van der Waals surface area contributed by atoms with Gasteiger partial charge in [-0.1, -0.05) is 61.1 Å². The Morgan fingerprint density at radius 3 is 2.52 bits per heavy atom. The van der Waals surface area contributed by atoms with Gasteiger partial charge in [-0.15, -0.1) is 0 Å². The molecule has 118 valence electrons. The molecule has 0 spiro atoms. The van der Waals surface area contributed by atoms with E-state index in [4.69, 9.17) is 0 Å². The first-order valence-electron chi connectivity index (χ1n) is 8.12. The quantitative estimate of drug-likeness (QED) is 0.660. The number of unbranched alkanes of at least 4 members (excludes halogenated alkanes) is 1. The van der Waals surface area contributed by atoms with Gasteiger partial charge in [0.1, 0.15) is 0 Å². The molecule has 0 aliphatic rings. The van der Waals surface area contributed by atoms with E-state index < -0.39 is 0 Å². The number of carbonyl (C=O) groups is 1. The Labute approximate surface area is 138 Å². The Balaban J connectivity index is 2.09. The number of nitrogens with one attached hydrogen (secondary N) is 1. The third-order valence-electron chi connectivity index (χ3n) is 3.61. The van der Waals surface area contributed by atoms with Gasteiger partial charge in [0, 0.05) is 17.7 Å². The fourth-order valence-electron chi connectivity index (χ4n) is 2.21. The predicted octanol–water partition coefficient (Wildman–Crippen LogP) is 3.85. The molecule has 0 unspecified atom stereocenters. The molecule has 2 aromatic carbocycles. The molecule has 1 N–H and O–H groups in total. The van der Waals surface area contributed by atoms with Gasteiger partial charge in [0.05, 0.1) is 6.42 Å². The number of carbonyl (C=O) groups excluding carboxylic acids is 1. The summed E-state index contributed by atoms with van der Waals surface area (Å²) in [5.74, 6) is 6.42. The SMILES string of the molecule is CCCCNC(=O)Cc1ccccc1C#Cc1ccc(C)cc1. The molecule has 0 saturated carbocycles. The Bertz CT molecular complexity index is 705. The fourth-order valence-corrected chi connectivity index (χ4v) is 2.21. The lowest BCUT2D eigenvalue weighted by atomic mass is 10.0. The van der Waals surface area contributed by atoms with Gasteiger partial charge in [0.15, 0.2) is 0 Å². The highest BCUT2D eigenvalue weighted by molar-refractivity contribution is 5.79. The summed E-state index contributed by atoms with van der Waals surface area (Å²) < 4.78 is 0. The van der Waals surface area contributed by atoms with E-state index in [1.54, 1.807) is 0 Å². The fraction of sp³-hybridized carbons (Fsp3) is 0.286. The number of amides is 1. The average molecular weight is 305 g/mol. The van der Waals surface area contributed by atoms with Gasteiger partial charge in [0.2, 0.25) is 5.91 Å². The van der Waals surface area contributed by atoms with Crippen LogP contribution in [-0.2, 0) is 11.2 Å². The summed E-state index contributed by atoms with van der Waals surface area (Å²) in [5, 5.41) is 2.95. The van der Waals surface area contributed by atoms with Crippen LogP contribution in [0.2, 0.25) is 0 Å². The highest BCUT2D eigenvalue weighted by Gasteiger charge is 2.05. The monoisotopic (exact) mass is 305 g/mol. The van der Waals surface area contributed by atoms with Crippen LogP contribution in [0.4, 0.5) is 0 Å². The van der Waals surface area contributed by atoms with E-state index in [2.05, 4.69) is 43.1 Å². The topological polar surface area (TPSA) is 29.1 Å². The largest absolute Gasteiger partial charge is 0.356 e. The molecule has 23 heavy (non-hydrogen) atoms. The number of benzene rings is 2. The van der Waals surface area contributed by atoms with Gasteiger partial charge in [-0.25, -0.2) is 0 Å². The van der Waals surface area contributed by atoms with Crippen LogP contribution in [0.15, 0.2) is 48.5 Å². The van der Waals surface area contributed by atoms with Gasteiger partial charge in [-0.05, 0) is 37.1 Å². The van der Waals surface area contributed by atoms with E-state index >= 15 is 0 Å². The second-order valence-corrected chi connectivity index (χ2v) is 5.65. The van der Waals surface area contributed by atoms with Crippen molar-refractivity contribution >= 4 is 5.91 Å². The number of hydrogen-bond donors (Lipinski definition) is 1. The van der Waals surface area contributed by atoms with E-state index in [9.17, 15) is 4.79 Å². The zero-order valence-corrected chi connectivity index (χ0v) is 13.9. The molecule has 0 fully saturated rings. The van der Waals surface area contributed by atoms with Gasteiger partial charge in [-0.3, -0.25) is 4.79 Å². The number of aryl methyl sites for hydroxylation is 1. The summed E-state index contributed by atoms with van der Waals surface area (Å²) in [6.45, 7) is 4.92. The zero-order valence-electron chi connectivity index (χ0n) is 13.9. The van der Waals surface area contributed by atoms with Crippen LogP contribution in [0.3, 0.4) is 0 Å². The van der Waals surface area contributed by atoms with Crippen LogP contribution in [0.1, 0.15) is 42.0 Å². The first-order chi connectivity index (χ1) is 11.2. The minimum Gasteiger partial charge on any atom is -0.356 e. The molecule has 0 radical (unpaired) electrons. The van der Waals surface area contributed by atoms with Crippen molar-refractivity contribution in [3.05, 3.63) is 70.8 Å². The molecule has 0 atom stereocenters. The van der Waals surface area contributed by atoms with Crippen molar-refractivity contribution in [3.8, 4) is 11.8 Å². The van der Waals surface area contributed by atoms with Crippen molar-refractivity contribution in [3.63, 3.8) is 0 Å². The van der Waals surface area contributed by atoms with Gasteiger partial charge in [0.25, 0.3) is 0 Å². The van der Waals surface area contributed by atoms with Crippen LogP contribution in [0.5, 0.6) is 0 Å². The lowest BCUT2D eigenvalue weighted by Crippen LogP contribution is -2.26. The Morgan fingerprint density at radius 2 is 1.78 bits per heavy atom. The van der Waals surface area contributed by atoms with Crippen molar-refractivity contribution < 1.29 is 4.79 Å². The van der Waals surface area contributed by atoms with Crippen LogP contribution in [-0.4, -0.2) is 12.5 Å². The molecule has 0 bridgehead atoms. The second-order valence-electron chi connectivity index (χ2n) is 5.65. The molecule has 2 nitrogen and oxygen atoms in total. The van der Waals surface area contributed by atoms with Gasteiger partial charge >= 0.3 is 0 Å². The Hall–Kier alpha value is -2.53. The van der Waals surface area contributed by atoms with Gasteiger partial charge in [-0.2, -0.15) is 0 Å². The molecule has 1 amide bonds. The summed E-state index contributed by atoms with van der Waals surface area (Å²) in [4.78, 5) is 12.0. The maximum atomic E-state index is 12.0. The number of hydrogen-bond acceptors (Lipinski definition) is 1. The Kier molecular flexibility index (Phi) is 6.44. The van der Waals surface area contributed by atoms with Crippen molar-refractivity contribution in [2.24, 2.45) is 0 Å². The predicted molar refractivity (Wildman–Crippen MR) is 95.2 cm³/mol. The lowest BCUT2D eigenvalue weighted by Gasteiger charge is -2.06. The zero-order chi connectivity index (χ0) is 16.5. The minimum atomic E-state index is 0.0584. The molecule has 2 heteroatoms. The maximum Gasteiger partial charge on any atom is 0.224 e.